The van der Waals surface area contributed by atoms with Crippen LogP contribution in [0.25, 0.3) is 0 Å². The number of hydrogen-bond donors (Lipinski definition) is 2. The van der Waals surface area contributed by atoms with Crippen LogP contribution in [0, 0.1) is 5.82 Å². The fourth-order valence-corrected chi connectivity index (χ4v) is 6.13. The molecule has 1 heterocycles. The molecule has 7 nitrogen and oxygen atoms in total. The van der Waals surface area contributed by atoms with Crippen molar-refractivity contribution in [1.82, 2.24) is 9.62 Å². The van der Waals surface area contributed by atoms with Gasteiger partial charge in [0, 0.05) is 23.8 Å². The fraction of sp³-hybridized carbons (Fsp3) is 0.417. The average Bonchev–Trinajstić information content (AvgIpc) is 3.32. The molecule has 176 valence electrons. The number of halogens is 1. The molecule has 1 saturated heterocycles. The smallest absolute Gasteiger partial charge is 0.251 e. The molecule has 4 rings (SSSR count). The van der Waals surface area contributed by atoms with Crippen molar-refractivity contribution in [2.24, 2.45) is 0 Å². The molecule has 0 bridgehead atoms. The van der Waals surface area contributed by atoms with Crippen molar-refractivity contribution in [1.29, 1.82) is 0 Å². The standard InChI is InChI=1S/C24H28FN3O4S/c25-18-10-14-21(15-11-18)33(31,32)28-16-4-7-22(28)24(30)27-20-12-8-17(9-13-20)23(29)26-19-5-2-1-3-6-19/h8-15,19,22H,1-7,16H2,(H,26,29)(H,27,30). The number of sulfonamides is 1. The predicted molar refractivity (Wildman–Crippen MR) is 123 cm³/mol. The number of nitrogens with zero attached hydrogens (tertiary/aromatic N) is 1. The Morgan fingerprint density at radius 2 is 1.55 bits per heavy atom. The lowest BCUT2D eigenvalue weighted by Crippen LogP contribution is -2.43. The van der Waals surface area contributed by atoms with E-state index in [0.29, 0.717) is 24.1 Å². The van der Waals surface area contributed by atoms with Crippen LogP contribution in [0.5, 0.6) is 0 Å². The van der Waals surface area contributed by atoms with Crippen LogP contribution >= 0.6 is 0 Å². The largest absolute Gasteiger partial charge is 0.349 e. The number of benzene rings is 2. The molecule has 2 amide bonds. The van der Waals surface area contributed by atoms with E-state index < -0.39 is 27.8 Å². The van der Waals surface area contributed by atoms with E-state index in [-0.39, 0.29) is 23.4 Å². The number of amides is 2. The summed E-state index contributed by atoms with van der Waals surface area (Å²) < 4.78 is 40.3. The molecule has 1 aliphatic carbocycles. The maximum atomic E-state index is 13.2. The molecule has 9 heteroatoms. The van der Waals surface area contributed by atoms with Gasteiger partial charge in [0.2, 0.25) is 15.9 Å². The summed E-state index contributed by atoms with van der Waals surface area (Å²) in [6.07, 6.45) is 6.42. The zero-order chi connectivity index (χ0) is 23.4. The lowest BCUT2D eigenvalue weighted by Gasteiger charge is -2.23. The van der Waals surface area contributed by atoms with E-state index in [1.54, 1.807) is 24.3 Å². The second-order valence-electron chi connectivity index (χ2n) is 8.60. The van der Waals surface area contributed by atoms with Gasteiger partial charge in [0.05, 0.1) is 4.90 Å². The minimum Gasteiger partial charge on any atom is -0.349 e. The molecule has 33 heavy (non-hydrogen) atoms. The lowest BCUT2D eigenvalue weighted by atomic mass is 9.95. The minimum absolute atomic E-state index is 0.0445. The van der Waals surface area contributed by atoms with E-state index in [1.807, 2.05) is 0 Å². The van der Waals surface area contributed by atoms with E-state index in [0.717, 1.165) is 37.8 Å². The molecule has 0 radical (unpaired) electrons. The molecular formula is C24H28FN3O4S. The Hall–Kier alpha value is -2.78. The topological polar surface area (TPSA) is 95.6 Å². The third kappa shape index (κ3) is 5.42. The van der Waals surface area contributed by atoms with Gasteiger partial charge in [-0.05, 0) is 74.2 Å². The number of carbonyl (C=O) groups excluding carboxylic acids is 2. The maximum absolute atomic E-state index is 13.2. The quantitative estimate of drug-likeness (QED) is 0.669. The average molecular weight is 474 g/mol. The maximum Gasteiger partial charge on any atom is 0.251 e. The predicted octanol–water partition coefficient (Wildman–Crippen LogP) is 3.68. The second kappa shape index (κ2) is 10.0. The molecular weight excluding hydrogens is 445 g/mol. The van der Waals surface area contributed by atoms with Crippen LogP contribution in [0.1, 0.15) is 55.3 Å². The van der Waals surface area contributed by atoms with Gasteiger partial charge in [0.1, 0.15) is 11.9 Å². The van der Waals surface area contributed by atoms with Gasteiger partial charge in [-0.2, -0.15) is 4.31 Å². The zero-order valence-corrected chi connectivity index (χ0v) is 19.1. The summed E-state index contributed by atoms with van der Waals surface area (Å²) in [7, 11) is -3.92. The van der Waals surface area contributed by atoms with Crippen LogP contribution in [0.3, 0.4) is 0 Å². The third-order valence-electron chi connectivity index (χ3n) is 6.28. The molecule has 0 aromatic heterocycles. The Morgan fingerprint density at radius 1 is 0.879 bits per heavy atom. The summed E-state index contributed by atoms with van der Waals surface area (Å²) in [6.45, 7) is 0.220. The van der Waals surface area contributed by atoms with Crippen molar-refractivity contribution in [2.45, 2.75) is 61.9 Å². The number of carbonyl (C=O) groups is 2. The van der Waals surface area contributed by atoms with E-state index in [4.69, 9.17) is 0 Å². The first-order valence-electron chi connectivity index (χ1n) is 11.3. The first-order chi connectivity index (χ1) is 15.8. The third-order valence-corrected chi connectivity index (χ3v) is 8.20. The van der Waals surface area contributed by atoms with Crippen LogP contribution in [0.15, 0.2) is 53.4 Å². The van der Waals surface area contributed by atoms with Gasteiger partial charge in [0.15, 0.2) is 0 Å². The second-order valence-corrected chi connectivity index (χ2v) is 10.5. The highest BCUT2D eigenvalue weighted by molar-refractivity contribution is 7.89. The van der Waals surface area contributed by atoms with Crippen molar-refractivity contribution in [3.8, 4) is 0 Å². The molecule has 1 unspecified atom stereocenters. The molecule has 1 atom stereocenters. The van der Waals surface area contributed by atoms with E-state index in [9.17, 15) is 22.4 Å². The summed E-state index contributed by atoms with van der Waals surface area (Å²) in [6, 6.07) is 10.5. The molecule has 2 aromatic rings. The summed E-state index contributed by atoms with van der Waals surface area (Å²) in [5, 5.41) is 5.82. The molecule has 1 saturated carbocycles. The Kier molecular flexibility index (Phi) is 7.09. The number of rotatable bonds is 6. The lowest BCUT2D eigenvalue weighted by molar-refractivity contribution is -0.119. The highest BCUT2D eigenvalue weighted by Gasteiger charge is 2.39. The highest BCUT2D eigenvalue weighted by Crippen LogP contribution is 2.27. The fourth-order valence-electron chi connectivity index (χ4n) is 4.48. The van der Waals surface area contributed by atoms with Gasteiger partial charge in [-0.15, -0.1) is 0 Å². The van der Waals surface area contributed by atoms with Gasteiger partial charge in [-0.3, -0.25) is 9.59 Å². The van der Waals surface area contributed by atoms with Gasteiger partial charge in [-0.1, -0.05) is 19.3 Å². The summed E-state index contributed by atoms with van der Waals surface area (Å²) >= 11 is 0. The Morgan fingerprint density at radius 3 is 2.21 bits per heavy atom. The van der Waals surface area contributed by atoms with Crippen LogP contribution in [0.2, 0.25) is 0 Å². The van der Waals surface area contributed by atoms with Gasteiger partial charge >= 0.3 is 0 Å². The van der Waals surface area contributed by atoms with Crippen molar-refractivity contribution < 1.29 is 22.4 Å². The first kappa shape index (κ1) is 23.4. The SMILES string of the molecule is O=C(NC1CCCCC1)c1ccc(NC(=O)C2CCCN2S(=O)(=O)c2ccc(F)cc2)cc1. The normalized spacial score (nSPS) is 19.8. The molecule has 2 N–H and O–H groups in total. The first-order valence-corrected chi connectivity index (χ1v) is 12.8. The van der Waals surface area contributed by atoms with Gasteiger partial charge in [-0.25, -0.2) is 12.8 Å². The van der Waals surface area contributed by atoms with Crippen LogP contribution in [-0.2, 0) is 14.8 Å². The Labute approximate surface area is 193 Å². The van der Waals surface area contributed by atoms with Gasteiger partial charge in [0.25, 0.3) is 5.91 Å². The summed E-state index contributed by atoms with van der Waals surface area (Å²) in [5.74, 6) is -1.09. The minimum atomic E-state index is -3.92. The number of nitrogens with one attached hydrogen (secondary N) is 2. The van der Waals surface area contributed by atoms with Crippen LogP contribution < -0.4 is 10.6 Å². The molecule has 1 aliphatic heterocycles. The van der Waals surface area contributed by atoms with E-state index in [2.05, 4.69) is 10.6 Å². The van der Waals surface area contributed by atoms with Crippen molar-refractivity contribution in [2.75, 3.05) is 11.9 Å². The highest BCUT2D eigenvalue weighted by atomic mass is 32.2. The zero-order valence-electron chi connectivity index (χ0n) is 18.3. The van der Waals surface area contributed by atoms with E-state index in [1.165, 1.54) is 22.9 Å². The van der Waals surface area contributed by atoms with Crippen LogP contribution in [-0.4, -0.2) is 43.2 Å². The number of anilines is 1. The van der Waals surface area contributed by atoms with Crippen molar-refractivity contribution in [3.63, 3.8) is 0 Å². The molecule has 2 aromatic carbocycles. The summed E-state index contributed by atoms with van der Waals surface area (Å²) in [5.41, 5.74) is 1.00. The molecule has 0 spiro atoms. The van der Waals surface area contributed by atoms with E-state index >= 15 is 0 Å². The van der Waals surface area contributed by atoms with Gasteiger partial charge < -0.3 is 10.6 Å². The molecule has 2 fully saturated rings. The van der Waals surface area contributed by atoms with Crippen molar-refractivity contribution >= 4 is 27.5 Å². The summed E-state index contributed by atoms with van der Waals surface area (Å²) in [4.78, 5) is 25.3. The van der Waals surface area contributed by atoms with Crippen molar-refractivity contribution in [3.05, 3.63) is 59.9 Å². The monoisotopic (exact) mass is 473 g/mol. The molecule has 2 aliphatic rings. The number of hydrogen-bond acceptors (Lipinski definition) is 4. The Balaban J connectivity index is 1.40. The van der Waals surface area contributed by atoms with Crippen LogP contribution in [0.4, 0.5) is 10.1 Å². The Bertz CT molecular complexity index is 1100.